The SMILES string of the molecule is CCOc1ccc(-n2c(C(CC)N(CC(C)C)C(=O)Nc3ccc(Cl)c(Cl)c3)nc3ccccc3c2=O)cc1. The molecule has 9 heteroatoms. The molecule has 0 bridgehead atoms. The first kappa shape index (κ1) is 28.5. The lowest BCUT2D eigenvalue weighted by molar-refractivity contribution is 0.171. The van der Waals surface area contributed by atoms with E-state index < -0.39 is 6.04 Å². The van der Waals surface area contributed by atoms with Gasteiger partial charge in [0, 0.05) is 12.2 Å². The molecule has 0 aliphatic rings. The predicted molar refractivity (Wildman–Crippen MR) is 159 cm³/mol. The number of hydrogen-bond donors (Lipinski definition) is 1. The summed E-state index contributed by atoms with van der Waals surface area (Å²) in [7, 11) is 0. The standard InChI is InChI=1S/C30H32Cl2N4O3/c1-5-27(35(18-19(3)4)30(38)33-20-11-16-24(31)25(32)17-20)28-34-26-10-8-7-9-23(26)29(37)36(28)21-12-14-22(15-13-21)39-6-2/h7-17,19,27H,5-6,18H2,1-4H3,(H,33,38). The molecule has 4 rings (SSSR count). The molecule has 0 saturated heterocycles. The minimum Gasteiger partial charge on any atom is -0.494 e. The summed E-state index contributed by atoms with van der Waals surface area (Å²) in [6.45, 7) is 8.96. The minimum absolute atomic E-state index is 0.157. The fraction of sp³-hybridized carbons (Fsp3) is 0.300. The molecule has 0 radical (unpaired) electrons. The monoisotopic (exact) mass is 566 g/mol. The van der Waals surface area contributed by atoms with E-state index in [4.69, 9.17) is 32.9 Å². The van der Waals surface area contributed by atoms with E-state index in [0.717, 1.165) is 0 Å². The number of ether oxygens (including phenoxy) is 1. The Morgan fingerprint density at radius 3 is 2.38 bits per heavy atom. The number of anilines is 1. The lowest BCUT2D eigenvalue weighted by Gasteiger charge is -2.33. The van der Waals surface area contributed by atoms with Gasteiger partial charge >= 0.3 is 6.03 Å². The minimum atomic E-state index is -0.501. The van der Waals surface area contributed by atoms with Gasteiger partial charge < -0.3 is 15.0 Å². The van der Waals surface area contributed by atoms with Crippen molar-refractivity contribution in [2.24, 2.45) is 5.92 Å². The number of urea groups is 1. The first-order chi connectivity index (χ1) is 18.7. The van der Waals surface area contributed by atoms with Crippen LogP contribution in [0.3, 0.4) is 0 Å². The number of hydrogen-bond acceptors (Lipinski definition) is 4. The van der Waals surface area contributed by atoms with Crippen LogP contribution in [-0.4, -0.2) is 33.6 Å². The first-order valence-corrected chi connectivity index (χ1v) is 13.8. The zero-order valence-corrected chi connectivity index (χ0v) is 24.0. The summed E-state index contributed by atoms with van der Waals surface area (Å²) in [6, 6.07) is 18.7. The Hall–Kier alpha value is -3.55. The highest BCUT2D eigenvalue weighted by atomic mass is 35.5. The van der Waals surface area contributed by atoms with Crippen molar-refractivity contribution in [1.29, 1.82) is 0 Å². The van der Waals surface area contributed by atoms with Crippen molar-refractivity contribution in [2.75, 3.05) is 18.5 Å². The second-order valence-electron chi connectivity index (χ2n) is 9.58. The fourth-order valence-electron chi connectivity index (χ4n) is 4.54. The van der Waals surface area contributed by atoms with Gasteiger partial charge in [-0.25, -0.2) is 9.78 Å². The average molecular weight is 568 g/mol. The molecule has 1 unspecified atom stereocenters. The largest absolute Gasteiger partial charge is 0.494 e. The Balaban J connectivity index is 1.85. The van der Waals surface area contributed by atoms with Gasteiger partial charge in [0.15, 0.2) is 0 Å². The first-order valence-electron chi connectivity index (χ1n) is 13.0. The van der Waals surface area contributed by atoms with Gasteiger partial charge in [0.1, 0.15) is 11.6 Å². The van der Waals surface area contributed by atoms with Crippen molar-refractivity contribution in [2.45, 2.75) is 40.2 Å². The van der Waals surface area contributed by atoms with Crippen LogP contribution in [0.5, 0.6) is 5.75 Å². The van der Waals surface area contributed by atoms with Crippen LogP contribution in [0.4, 0.5) is 10.5 Å². The number of aromatic nitrogens is 2. The molecule has 0 spiro atoms. The van der Waals surface area contributed by atoms with Crippen LogP contribution in [0.25, 0.3) is 16.6 Å². The number of rotatable bonds is 9. The molecule has 1 heterocycles. The number of nitrogens with one attached hydrogen (secondary N) is 1. The van der Waals surface area contributed by atoms with Gasteiger partial charge in [-0.3, -0.25) is 9.36 Å². The molecule has 4 aromatic rings. The van der Waals surface area contributed by atoms with Crippen LogP contribution in [0.2, 0.25) is 10.0 Å². The normalized spacial score (nSPS) is 12.0. The number of halogens is 2. The number of para-hydroxylation sites is 1. The van der Waals surface area contributed by atoms with E-state index in [1.54, 1.807) is 33.7 Å². The van der Waals surface area contributed by atoms with E-state index in [-0.39, 0.29) is 17.5 Å². The molecule has 0 fully saturated rings. The number of fused-ring (bicyclic) bond motifs is 1. The molecule has 1 aromatic heterocycles. The van der Waals surface area contributed by atoms with Gasteiger partial charge in [-0.2, -0.15) is 0 Å². The third kappa shape index (κ3) is 6.37. The number of carbonyl (C=O) groups excluding carboxylic acids is 1. The van der Waals surface area contributed by atoms with Crippen molar-refractivity contribution >= 4 is 45.8 Å². The summed E-state index contributed by atoms with van der Waals surface area (Å²) in [5, 5.41) is 4.19. The summed E-state index contributed by atoms with van der Waals surface area (Å²) in [4.78, 5) is 34.3. The molecule has 7 nitrogen and oxygen atoms in total. The Kier molecular flexibility index (Phi) is 9.15. The van der Waals surface area contributed by atoms with Crippen molar-refractivity contribution < 1.29 is 9.53 Å². The third-order valence-corrected chi connectivity index (χ3v) is 7.00. The molecule has 204 valence electrons. The van der Waals surface area contributed by atoms with Crippen molar-refractivity contribution in [1.82, 2.24) is 14.5 Å². The molecule has 39 heavy (non-hydrogen) atoms. The topological polar surface area (TPSA) is 76.5 Å². The molecule has 1 N–H and O–H groups in total. The Labute approximate surface area is 238 Å². The van der Waals surface area contributed by atoms with E-state index in [1.165, 1.54) is 0 Å². The van der Waals surface area contributed by atoms with E-state index in [2.05, 4.69) is 5.32 Å². The summed E-state index contributed by atoms with van der Waals surface area (Å²) >= 11 is 12.2. The summed E-state index contributed by atoms with van der Waals surface area (Å²) < 4.78 is 7.20. The Bertz CT molecular complexity index is 1520. The van der Waals surface area contributed by atoms with Crippen LogP contribution in [0, 0.1) is 5.92 Å². The van der Waals surface area contributed by atoms with Crippen LogP contribution >= 0.6 is 23.2 Å². The van der Waals surface area contributed by atoms with Crippen LogP contribution in [0.15, 0.2) is 71.5 Å². The van der Waals surface area contributed by atoms with Gasteiger partial charge in [0.2, 0.25) is 0 Å². The Morgan fingerprint density at radius 1 is 1.03 bits per heavy atom. The fourth-order valence-corrected chi connectivity index (χ4v) is 4.84. The highest BCUT2D eigenvalue weighted by Gasteiger charge is 2.30. The van der Waals surface area contributed by atoms with Crippen molar-refractivity contribution in [3.8, 4) is 11.4 Å². The van der Waals surface area contributed by atoms with Crippen molar-refractivity contribution in [3.05, 3.63) is 93.0 Å². The third-order valence-electron chi connectivity index (χ3n) is 6.26. The molecule has 0 aliphatic carbocycles. The maximum atomic E-state index is 13.9. The second-order valence-corrected chi connectivity index (χ2v) is 10.4. The molecular formula is C30H32Cl2N4O3. The lowest BCUT2D eigenvalue weighted by atomic mass is 10.1. The summed E-state index contributed by atoms with van der Waals surface area (Å²) in [5.41, 5.74) is 1.54. The van der Waals surface area contributed by atoms with Gasteiger partial charge in [-0.05, 0) is 73.9 Å². The molecule has 0 saturated carbocycles. The second kappa shape index (κ2) is 12.5. The van der Waals surface area contributed by atoms with Crippen molar-refractivity contribution in [3.63, 3.8) is 0 Å². The number of amides is 2. The summed E-state index contributed by atoms with van der Waals surface area (Å²) in [5.74, 6) is 1.35. The van der Waals surface area contributed by atoms with Crippen LogP contribution in [0.1, 0.15) is 46.0 Å². The molecule has 1 atom stereocenters. The number of benzene rings is 3. The van der Waals surface area contributed by atoms with Crippen LogP contribution < -0.4 is 15.6 Å². The summed E-state index contributed by atoms with van der Waals surface area (Å²) in [6.07, 6.45) is 0.531. The van der Waals surface area contributed by atoms with E-state index in [1.807, 2.05) is 70.2 Å². The maximum absolute atomic E-state index is 13.9. The van der Waals surface area contributed by atoms with Gasteiger partial charge in [-0.15, -0.1) is 0 Å². The highest BCUT2D eigenvalue weighted by molar-refractivity contribution is 6.42. The Morgan fingerprint density at radius 2 is 1.74 bits per heavy atom. The van der Waals surface area contributed by atoms with E-state index in [0.29, 0.717) is 63.5 Å². The number of nitrogens with zero attached hydrogens (tertiary/aromatic N) is 3. The van der Waals surface area contributed by atoms with E-state index >= 15 is 0 Å². The smallest absolute Gasteiger partial charge is 0.322 e. The average Bonchev–Trinajstić information content (AvgIpc) is 2.91. The molecule has 2 amide bonds. The van der Waals surface area contributed by atoms with Crippen LogP contribution in [-0.2, 0) is 0 Å². The van der Waals surface area contributed by atoms with Gasteiger partial charge in [0.05, 0.1) is 39.3 Å². The van der Waals surface area contributed by atoms with E-state index in [9.17, 15) is 9.59 Å². The predicted octanol–water partition coefficient (Wildman–Crippen LogP) is 7.73. The zero-order chi connectivity index (χ0) is 28.1. The maximum Gasteiger partial charge on any atom is 0.322 e. The van der Waals surface area contributed by atoms with Gasteiger partial charge in [-0.1, -0.05) is 56.1 Å². The lowest BCUT2D eigenvalue weighted by Crippen LogP contribution is -2.42. The molecule has 3 aromatic carbocycles. The van der Waals surface area contributed by atoms with Gasteiger partial charge in [0.25, 0.3) is 5.56 Å². The number of carbonyl (C=O) groups is 1. The highest BCUT2D eigenvalue weighted by Crippen LogP contribution is 2.30. The zero-order valence-electron chi connectivity index (χ0n) is 22.4. The molecular weight excluding hydrogens is 535 g/mol. The molecule has 0 aliphatic heterocycles. The quantitative estimate of drug-likeness (QED) is 0.225.